The number of hydrogen-bond donors (Lipinski definition) is 1. The number of aryl methyl sites for hydroxylation is 1. The Morgan fingerprint density at radius 3 is 2.50 bits per heavy atom. The van der Waals surface area contributed by atoms with Crippen molar-refractivity contribution in [2.45, 2.75) is 6.92 Å². The molecule has 100 valence electrons. The second-order valence-electron chi connectivity index (χ2n) is 4.83. The van der Waals surface area contributed by atoms with Crippen LogP contribution >= 0.6 is 12.2 Å². The number of nitrogens with zero attached hydrogens (tertiary/aromatic N) is 1. The molecule has 1 heterocycles. The van der Waals surface area contributed by atoms with Gasteiger partial charge in [-0.1, -0.05) is 42.0 Å². The van der Waals surface area contributed by atoms with E-state index in [4.69, 9.17) is 12.2 Å². The molecule has 1 N–H and O–H groups in total. The van der Waals surface area contributed by atoms with Gasteiger partial charge in [-0.15, -0.1) is 0 Å². The van der Waals surface area contributed by atoms with Gasteiger partial charge in [0.2, 0.25) is 0 Å². The van der Waals surface area contributed by atoms with Crippen LogP contribution in [0, 0.1) is 12.8 Å². The molecule has 1 fully saturated rings. The average molecular weight is 282 g/mol. The highest BCUT2D eigenvalue weighted by Crippen LogP contribution is 2.23. The number of hydrogen-bond acceptors (Lipinski definition) is 2. The highest BCUT2D eigenvalue weighted by atomic mass is 32.1. The van der Waals surface area contributed by atoms with Crippen LogP contribution in [0.2, 0.25) is 0 Å². The third-order valence-electron chi connectivity index (χ3n) is 3.31. The van der Waals surface area contributed by atoms with E-state index in [1.807, 2.05) is 61.6 Å². The summed E-state index contributed by atoms with van der Waals surface area (Å²) in [5.74, 6) is 0.0507. The molecule has 1 aliphatic carbocycles. The number of thiocarbonyl (C=S) groups is 1. The van der Waals surface area contributed by atoms with Crippen molar-refractivity contribution in [2.24, 2.45) is 5.92 Å². The largest absolute Gasteiger partial charge is 0.328 e. The molecule has 0 atom stereocenters. The predicted octanol–water partition coefficient (Wildman–Crippen LogP) is 2.84. The molecule has 1 aliphatic heterocycles. The number of anilines is 1. The molecule has 20 heavy (non-hydrogen) atoms. The lowest BCUT2D eigenvalue weighted by atomic mass is 10.1. The van der Waals surface area contributed by atoms with Gasteiger partial charge in [0.15, 0.2) is 5.11 Å². The van der Waals surface area contributed by atoms with Crippen molar-refractivity contribution in [1.82, 2.24) is 5.32 Å². The predicted molar refractivity (Wildman–Crippen MR) is 84.3 cm³/mol. The topological polar surface area (TPSA) is 32.3 Å². The van der Waals surface area contributed by atoms with Gasteiger partial charge < -0.3 is 5.32 Å². The minimum Gasteiger partial charge on any atom is -0.328 e. The van der Waals surface area contributed by atoms with E-state index < -0.39 is 0 Å². The van der Waals surface area contributed by atoms with Crippen LogP contribution < -0.4 is 10.2 Å². The smallest absolute Gasteiger partial charge is 0.280 e. The lowest BCUT2D eigenvalue weighted by Gasteiger charge is -2.14. The first-order valence-electron chi connectivity index (χ1n) is 6.44. The maximum atomic E-state index is 12.4. The van der Waals surface area contributed by atoms with Gasteiger partial charge in [0.1, 0.15) is 5.70 Å². The molecule has 0 unspecified atom stereocenters. The quantitative estimate of drug-likeness (QED) is 0.669. The van der Waals surface area contributed by atoms with Crippen molar-refractivity contribution < 1.29 is 4.79 Å². The fourth-order valence-electron chi connectivity index (χ4n) is 2.23. The summed E-state index contributed by atoms with van der Waals surface area (Å²) in [6.45, 7) is 2.01. The third kappa shape index (κ3) is 2.30. The van der Waals surface area contributed by atoms with E-state index in [0.717, 1.165) is 11.3 Å². The summed E-state index contributed by atoms with van der Waals surface area (Å²) >= 11 is 5.27. The normalized spacial score (nSPS) is 20.2. The highest BCUT2D eigenvalue weighted by Gasteiger charge is 2.32. The van der Waals surface area contributed by atoms with Crippen molar-refractivity contribution in [3.05, 3.63) is 65.9 Å². The third-order valence-corrected chi connectivity index (χ3v) is 3.59. The van der Waals surface area contributed by atoms with E-state index in [-0.39, 0.29) is 11.8 Å². The van der Waals surface area contributed by atoms with E-state index in [1.165, 1.54) is 4.90 Å². The van der Waals surface area contributed by atoms with E-state index in [2.05, 4.69) is 5.32 Å². The molecule has 3 rings (SSSR count). The molecule has 1 amide bonds. The van der Waals surface area contributed by atoms with Crippen LogP contribution in [-0.2, 0) is 4.79 Å². The lowest BCUT2D eigenvalue weighted by molar-refractivity contribution is -0.113. The summed E-state index contributed by atoms with van der Waals surface area (Å²) in [4.78, 5) is 14.0. The van der Waals surface area contributed by atoms with Gasteiger partial charge in [0.05, 0.1) is 5.69 Å². The Balaban J connectivity index is 1.88. The zero-order valence-electron chi connectivity index (χ0n) is 11.0. The molecule has 0 spiro atoms. The van der Waals surface area contributed by atoms with Crippen molar-refractivity contribution in [3.8, 4) is 0 Å². The summed E-state index contributed by atoms with van der Waals surface area (Å²) in [6, 6.07) is 7.74. The van der Waals surface area contributed by atoms with E-state index in [0.29, 0.717) is 10.8 Å². The van der Waals surface area contributed by atoms with Crippen molar-refractivity contribution in [3.63, 3.8) is 0 Å². The summed E-state index contributed by atoms with van der Waals surface area (Å²) in [6.07, 6.45) is 9.89. The van der Waals surface area contributed by atoms with Gasteiger partial charge in [-0.2, -0.15) is 0 Å². The molecule has 0 radical (unpaired) electrons. The molecule has 0 saturated carbocycles. The fourth-order valence-corrected chi connectivity index (χ4v) is 2.53. The van der Waals surface area contributed by atoms with E-state index in [9.17, 15) is 4.79 Å². The Morgan fingerprint density at radius 2 is 1.85 bits per heavy atom. The molecule has 0 aromatic heterocycles. The average Bonchev–Trinajstić information content (AvgIpc) is 3.02. The zero-order chi connectivity index (χ0) is 14.1. The standard InChI is InChI=1S/C16H14N2OS/c1-11-6-8-13(9-7-11)18-15(19)14(17-16(18)20)10-12-4-2-3-5-12/h2-10,12H,1H3,(H,17,20)/b14-10-. The van der Waals surface area contributed by atoms with E-state index >= 15 is 0 Å². The Hall–Kier alpha value is -2.20. The Morgan fingerprint density at radius 1 is 1.20 bits per heavy atom. The van der Waals surface area contributed by atoms with Crippen LogP contribution in [0.15, 0.2) is 60.3 Å². The van der Waals surface area contributed by atoms with Crippen LogP contribution in [0.25, 0.3) is 0 Å². The second kappa shape index (κ2) is 5.06. The molecule has 3 nitrogen and oxygen atoms in total. The highest BCUT2D eigenvalue weighted by molar-refractivity contribution is 7.80. The Kier molecular flexibility index (Phi) is 3.24. The van der Waals surface area contributed by atoms with Gasteiger partial charge in [-0.3, -0.25) is 9.69 Å². The maximum absolute atomic E-state index is 12.4. The Labute approximate surface area is 123 Å². The SMILES string of the molecule is Cc1ccc(N2C(=O)/C(=C/C3C=CC=C3)NC2=S)cc1. The first-order chi connectivity index (χ1) is 9.65. The van der Waals surface area contributed by atoms with Crippen LogP contribution in [0.5, 0.6) is 0 Å². The molecular weight excluding hydrogens is 268 g/mol. The maximum Gasteiger partial charge on any atom is 0.280 e. The number of benzene rings is 1. The van der Waals surface area contributed by atoms with Crippen LogP contribution in [0.1, 0.15) is 5.56 Å². The van der Waals surface area contributed by atoms with Gasteiger partial charge in [-0.25, -0.2) is 0 Å². The zero-order valence-corrected chi connectivity index (χ0v) is 11.9. The second-order valence-corrected chi connectivity index (χ2v) is 5.22. The van der Waals surface area contributed by atoms with E-state index in [1.54, 1.807) is 0 Å². The van der Waals surface area contributed by atoms with Crippen molar-refractivity contribution in [1.29, 1.82) is 0 Å². The minimum atomic E-state index is -0.104. The number of nitrogens with one attached hydrogen (secondary N) is 1. The molecular formula is C16H14N2OS. The van der Waals surface area contributed by atoms with Gasteiger partial charge >= 0.3 is 0 Å². The molecule has 1 aromatic carbocycles. The summed E-state index contributed by atoms with van der Waals surface area (Å²) < 4.78 is 0. The van der Waals surface area contributed by atoms with Crippen LogP contribution in [0.4, 0.5) is 5.69 Å². The molecule has 4 heteroatoms. The summed E-state index contributed by atoms with van der Waals surface area (Å²) in [5.41, 5.74) is 2.48. The number of carbonyl (C=O) groups is 1. The number of rotatable bonds is 2. The monoisotopic (exact) mass is 282 g/mol. The summed E-state index contributed by atoms with van der Waals surface area (Å²) in [7, 11) is 0. The molecule has 2 aliphatic rings. The molecule has 1 saturated heterocycles. The Bertz CT molecular complexity index is 644. The van der Waals surface area contributed by atoms with Gasteiger partial charge in [0.25, 0.3) is 5.91 Å². The van der Waals surface area contributed by atoms with Gasteiger partial charge in [0, 0.05) is 5.92 Å². The first-order valence-corrected chi connectivity index (χ1v) is 6.85. The van der Waals surface area contributed by atoms with Crippen LogP contribution in [-0.4, -0.2) is 11.0 Å². The number of allylic oxidation sites excluding steroid dienone is 5. The van der Waals surface area contributed by atoms with Crippen molar-refractivity contribution >= 4 is 28.9 Å². The number of carbonyl (C=O) groups excluding carboxylic acids is 1. The molecule has 1 aromatic rings. The van der Waals surface area contributed by atoms with Gasteiger partial charge in [-0.05, 0) is 37.4 Å². The minimum absolute atomic E-state index is 0.104. The fraction of sp³-hybridized carbons (Fsp3) is 0.125. The number of amides is 1. The van der Waals surface area contributed by atoms with Crippen molar-refractivity contribution in [2.75, 3.05) is 4.90 Å². The molecule has 0 bridgehead atoms. The first kappa shape index (κ1) is 12.8. The summed E-state index contributed by atoms with van der Waals surface area (Å²) in [5, 5.41) is 3.42. The lowest BCUT2D eigenvalue weighted by Crippen LogP contribution is -2.30. The van der Waals surface area contributed by atoms with Crippen LogP contribution in [0.3, 0.4) is 0 Å².